The highest BCUT2D eigenvalue weighted by molar-refractivity contribution is 6.01. The number of amides is 3. The molecule has 0 aromatic heterocycles. The van der Waals surface area contributed by atoms with Crippen LogP contribution in [0.2, 0.25) is 0 Å². The Kier molecular flexibility index (Phi) is 9.22. The Morgan fingerprint density at radius 1 is 1.10 bits per heavy atom. The van der Waals surface area contributed by atoms with Gasteiger partial charge in [-0.1, -0.05) is 55.5 Å². The quantitative estimate of drug-likeness (QED) is 0.473. The van der Waals surface area contributed by atoms with Gasteiger partial charge >= 0.3 is 6.03 Å². The van der Waals surface area contributed by atoms with Crippen molar-refractivity contribution in [1.29, 1.82) is 0 Å². The molecule has 206 valence electrons. The Morgan fingerprint density at radius 2 is 1.79 bits per heavy atom. The van der Waals surface area contributed by atoms with Gasteiger partial charge in [0.15, 0.2) is 0 Å². The topological polar surface area (TPSA) is 91.3 Å². The molecule has 0 saturated carbocycles. The van der Waals surface area contributed by atoms with E-state index in [1.165, 1.54) is 0 Å². The minimum atomic E-state index is -0.390. The van der Waals surface area contributed by atoms with Crippen LogP contribution in [0, 0.1) is 5.92 Å². The predicted octanol–water partition coefficient (Wildman–Crippen LogP) is 4.88. The van der Waals surface area contributed by atoms with E-state index in [2.05, 4.69) is 5.32 Å². The second-order valence-corrected chi connectivity index (χ2v) is 10.1. The monoisotopic (exact) mass is 531 g/mol. The van der Waals surface area contributed by atoms with Crippen LogP contribution in [0.25, 0.3) is 11.1 Å². The van der Waals surface area contributed by atoms with Gasteiger partial charge in [-0.05, 0) is 41.8 Å². The van der Waals surface area contributed by atoms with E-state index in [0.717, 1.165) is 16.7 Å². The van der Waals surface area contributed by atoms with Gasteiger partial charge in [-0.3, -0.25) is 4.79 Å². The summed E-state index contributed by atoms with van der Waals surface area (Å²) in [6, 6.07) is 22.0. The van der Waals surface area contributed by atoms with E-state index in [-0.39, 0.29) is 30.6 Å². The molecule has 4 rings (SSSR count). The first-order valence-electron chi connectivity index (χ1n) is 13.2. The molecule has 0 aliphatic carbocycles. The highest BCUT2D eigenvalue weighted by Crippen LogP contribution is 2.31. The van der Waals surface area contributed by atoms with Crippen molar-refractivity contribution in [2.24, 2.45) is 5.92 Å². The molecule has 0 saturated heterocycles. The van der Waals surface area contributed by atoms with Gasteiger partial charge in [-0.2, -0.15) is 0 Å². The smallest absolute Gasteiger partial charge is 0.321 e. The number of methoxy groups -OCH3 is 1. The number of rotatable bonds is 6. The summed E-state index contributed by atoms with van der Waals surface area (Å²) in [6.45, 7) is 4.69. The summed E-state index contributed by atoms with van der Waals surface area (Å²) in [6.07, 6.45) is -0.374. The second-order valence-electron chi connectivity index (χ2n) is 10.1. The molecule has 8 nitrogen and oxygen atoms in total. The van der Waals surface area contributed by atoms with Crippen molar-refractivity contribution in [1.82, 2.24) is 9.80 Å². The zero-order valence-corrected chi connectivity index (χ0v) is 23.0. The number of aliphatic hydroxyl groups excluding tert-OH is 1. The Labute approximate surface area is 230 Å². The maximum absolute atomic E-state index is 13.9. The maximum Gasteiger partial charge on any atom is 0.321 e. The van der Waals surface area contributed by atoms with Crippen molar-refractivity contribution < 1.29 is 24.2 Å². The lowest BCUT2D eigenvalue weighted by atomic mass is 9.94. The molecule has 0 spiro atoms. The molecular weight excluding hydrogens is 494 g/mol. The fraction of sp³-hybridized carbons (Fsp3) is 0.355. The lowest BCUT2D eigenvalue weighted by Crippen LogP contribution is -2.48. The number of hydrogen-bond donors (Lipinski definition) is 2. The third-order valence-corrected chi connectivity index (χ3v) is 7.22. The number of anilines is 1. The molecule has 0 bridgehead atoms. The Morgan fingerprint density at radius 3 is 2.51 bits per heavy atom. The molecule has 0 radical (unpaired) electrons. The number of aliphatic hydroxyl groups is 1. The molecular formula is C31H37N3O5. The number of benzene rings is 3. The van der Waals surface area contributed by atoms with Crippen LogP contribution in [0.15, 0.2) is 72.8 Å². The zero-order valence-electron chi connectivity index (χ0n) is 23.0. The first-order valence-corrected chi connectivity index (χ1v) is 13.2. The van der Waals surface area contributed by atoms with Crippen LogP contribution < -0.4 is 10.1 Å². The number of nitrogens with zero attached hydrogens (tertiary/aromatic N) is 2. The largest absolute Gasteiger partial charge is 0.497 e. The fourth-order valence-corrected chi connectivity index (χ4v) is 4.82. The maximum atomic E-state index is 13.9. The van der Waals surface area contributed by atoms with Crippen LogP contribution in [0.1, 0.15) is 29.8 Å². The first kappa shape index (κ1) is 28.1. The molecule has 3 atom stereocenters. The highest BCUT2D eigenvalue weighted by Gasteiger charge is 2.31. The Bertz CT molecular complexity index is 1300. The summed E-state index contributed by atoms with van der Waals surface area (Å²) < 4.78 is 11.7. The summed E-state index contributed by atoms with van der Waals surface area (Å²) in [5, 5.41) is 12.9. The van der Waals surface area contributed by atoms with Crippen molar-refractivity contribution in [3.05, 3.63) is 83.9 Å². The lowest BCUT2D eigenvalue weighted by molar-refractivity contribution is -0.0178. The number of nitrogens with one attached hydrogen (secondary N) is 1. The van der Waals surface area contributed by atoms with E-state index < -0.39 is 6.04 Å². The van der Waals surface area contributed by atoms with Crippen LogP contribution in [-0.4, -0.2) is 72.8 Å². The number of ether oxygens (including phenoxy) is 2. The fourth-order valence-electron chi connectivity index (χ4n) is 4.82. The van der Waals surface area contributed by atoms with E-state index in [1.807, 2.05) is 74.5 Å². The van der Waals surface area contributed by atoms with Crippen molar-refractivity contribution >= 4 is 17.6 Å². The number of likely N-dealkylation sites (N-methyl/N-ethyl adjacent to an activating group) is 1. The number of carbonyl (C=O) groups is 2. The summed E-state index contributed by atoms with van der Waals surface area (Å²) >= 11 is 0. The molecule has 2 N–H and O–H groups in total. The molecule has 8 heteroatoms. The van der Waals surface area contributed by atoms with Crippen molar-refractivity contribution in [2.75, 3.05) is 39.2 Å². The third kappa shape index (κ3) is 6.58. The standard InChI is InChI=1S/C31H37N3O5/c1-21-17-34(22(2)19-35)30(36)28-15-8-7-14-27(28)26-13-6-5-10-23(26)20-39-29(21)18-33(3)31(37)32-24-11-9-12-25(16-24)38-4/h5-16,21-22,29,35H,17-20H2,1-4H3,(H,32,37)/t21-,22+,29-/m1/s1. The van der Waals surface area contributed by atoms with Gasteiger partial charge in [0.2, 0.25) is 0 Å². The van der Waals surface area contributed by atoms with Gasteiger partial charge in [0.25, 0.3) is 5.91 Å². The molecule has 3 aromatic rings. The van der Waals surface area contributed by atoms with Gasteiger partial charge in [-0.15, -0.1) is 0 Å². The Hall–Kier alpha value is -3.88. The van der Waals surface area contributed by atoms with Crippen LogP contribution in [0.5, 0.6) is 5.75 Å². The number of hydrogen-bond acceptors (Lipinski definition) is 5. The molecule has 0 fully saturated rings. The molecule has 0 unspecified atom stereocenters. The normalized spacial score (nSPS) is 18.3. The molecule has 1 aliphatic heterocycles. The van der Waals surface area contributed by atoms with Gasteiger partial charge < -0.3 is 29.7 Å². The van der Waals surface area contributed by atoms with Crippen LogP contribution >= 0.6 is 0 Å². The third-order valence-electron chi connectivity index (χ3n) is 7.22. The highest BCUT2D eigenvalue weighted by atomic mass is 16.5. The molecule has 39 heavy (non-hydrogen) atoms. The van der Waals surface area contributed by atoms with Crippen LogP contribution in [0.3, 0.4) is 0 Å². The minimum absolute atomic E-state index is 0.132. The summed E-state index contributed by atoms with van der Waals surface area (Å²) in [4.78, 5) is 30.3. The van der Waals surface area contributed by atoms with Crippen molar-refractivity contribution in [3.63, 3.8) is 0 Å². The predicted molar refractivity (Wildman–Crippen MR) is 152 cm³/mol. The summed E-state index contributed by atoms with van der Waals surface area (Å²) in [7, 11) is 3.30. The molecule has 3 aromatic carbocycles. The first-order chi connectivity index (χ1) is 18.8. The Balaban J connectivity index is 1.63. The number of fused-ring (bicyclic) bond motifs is 3. The van der Waals surface area contributed by atoms with Crippen LogP contribution in [-0.2, 0) is 11.3 Å². The van der Waals surface area contributed by atoms with Crippen molar-refractivity contribution in [2.45, 2.75) is 32.6 Å². The molecule has 1 aliphatic rings. The average molecular weight is 532 g/mol. The zero-order chi connectivity index (χ0) is 27.9. The summed E-state index contributed by atoms with van der Waals surface area (Å²) in [5.41, 5.74) is 3.93. The van der Waals surface area contributed by atoms with E-state index in [4.69, 9.17) is 9.47 Å². The SMILES string of the molecule is COc1cccc(NC(=O)N(C)C[C@H]2OCc3ccccc3-c3ccccc3C(=O)N([C@@H](C)CO)C[C@H]2C)c1. The number of carbonyl (C=O) groups excluding carboxylic acids is 2. The van der Waals surface area contributed by atoms with E-state index >= 15 is 0 Å². The van der Waals surface area contributed by atoms with Gasteiger partial charge in [0, 0.05) is 43.4 Å². The average Bonchev–Trinajstić information content (AvgIpc) is 2.98. The van der Waals surface area contributed by atoms with Gasteiger partial charge in [-0.25, -0.2) is 4.79 Å². The van der Waals surface area contributed by atoms with E-state index in [9.17, 15) is 14.7 Å². The molecule has 1 heterocycles. The number of urea groups is 1. The van der Waals surface area contributed by atoms with Crippen molar-refractivity contribution in [3.8, 4) is 16.9 Å². The van der Waals surface area contributed by atoms with Gasteiger partial charge in [0.1, 0.15) is 5.75 Å². The van der Waals surface area contributed by atoms with E-state index in [1.54, 1.807) is 36.1 Å². The van der Waals surface area contributed by atoms with Crippen LogP contribution in [0.4, 0.5) is 10.5 Å². The second kappa shape index (κ2) is 12.8. The van der Waals surface area contributed by atoms with Gasteiger partial charge in [0.05, 0.1) is 32.5 Å². The minimum Gasteiger partial charge on any atom is -0.497 e. The molecule has 3 amide bonds. The summed E-state index contributed by atoms with van der Waals surface area (Å²) in [5.74, 6) is 0.379. The van der Waals surface area contributed by atoms with E-state index in [0.29, 0.717) is 36.7 Å². The lowest BCUT2D eigenvalue weighted by Gasteiger charge is -2.35.